The van der Waals surface area contributed by atoms with Crippen LogP contribution in [0.3, 0.4) is 0 Å². The van der Waals surface area contributed by atoms with Crippen molar-refractivity contribution < 1.29 is 0 Å². The Morgan fingerprint density at radius 2 is 2.00 bits per heavy atom. The Hall–Kier alpha value is -1.63. The molecule has 1 aliphatic carbocycles. The second-order valence-corrected chi connectivity index (χ2v) is 5.79. The molecule has 1 aliphatic rings. The Bertz CT molecular complexity index is 698. The molecule has 0 unspecified atom stereocenters. The molecule has 128 valence electrons. The van der Waals surface area contributed by atoms with Crippen molar-refractivity contribution in [3.05, 3.63) is 54.2 Å². The van der Waals surface area contributed by atoms with Crippen LogP contribution < -0.4 is 10.6 Å². The summed E-state index contributed by atoms with van der Waals surface area (Å²) in [7, 11) is 0. The summed E-state index contributed by atoms with van der Waals surface area (Å²) in [5, 5.41) is 8.02. The maximum atomic E-state index is 4.72. The van der Waals surface area contributed by atoms with E-state index in [1.165, 1.54) is 10.9 Å². The number of guanidine groups is 1. The van der Waals surface area contributed by atoms with E-state index in [2.05, 4.69) is 59.0 Å². The molecule has 0 fully saturated rings. The Kier molecular flexibility index (Phi) is 7.49. The van der Waals surface area contributed by atoms with Crippen molar-refractivity contribution in [2.45, 2.75) is 32.2 Å². The molecule has 1 aromatic carbocycles. The quantitative estimate of drug-likeness (QED) is 0.326. The number of hydrogen-bond acceptors (Lipinski definition) is 2. The molecular weight excluding hydrogens is 411 g/mol. The van der Waals surface area contributed by atoms with Gasteiger partial charge in [-0.15, -0.1) is 24.0 Å². The van der Waals surface area contributed by atoms with Crippen LogP contribution in [-0.4, -0.2) is 30.1 Å². The summed E-state index contributed by atoms with van der Waals surface area (Å²) in [6.45, 7) is 3.73. The first-order valence-electron chi connectivity index (χ1n) is 8.39. The number of nitrogens with one attached hydrogen (secondary N) is 2. The molecular formula is C19H25IN4. The summed E-state index contributed by atoms with van der Waals surface area (Å²) in [6, 6.07) is 10.9. The maximum absolute atomic E-state index is 4.72. The zero-order chi connectivity index (χ0) is 15.9. The van der Waals surface area contributed by atoms with Crippen LogP contribution in [0.25, 0.3) is 10.9 Å². The number of aliphatic imine (C=N–C) groups is 1. The first-order chi connectivity index (χ1) is 11.4. The van der Waals surface area contributed by atoms with Gasteiger partial charge < -0.3 is 10.6 Å². The summed E-state index contributed by atoms with van der Waals surface area (Å²) < 4.78 is 0. The van der Waals surface area contributed by atoms with Crippen LogP contribution in [0, 0.1) is 0 Å². The minimum atomic E-state index is 0. The largest absolute Gasteiger partial charge is 0.357 e. The van der Waals surface area contributed by atoms with E-state index in [1.54, 1.807) is 0 Å². The smallest absolute Gasteiger partial charge is 0.191 e. The van der Waals surface area contributed by atoms with Gasteiger partial charge in [0.1, 0.15) is 0 Å². The number of rotatable bonds is 5. The Balaban J connectivity index is 0.00000208. The lowest BCUT2D eigenvalue weighted by Crippen LogP contribution is -2.42. The van der Waals surface area contributed by atoms with Gasteiger partial charge >= 0.3 is 0 Å². The average molecular weight is 436 g/mol. The molecule has 0 atom stereocenters. The third-order valence-corrected chi connectivity index (χ3v) is 4.06. The first-order valence-corrected chi connectivity index (χ1v) is 8.39. The van der Waals surface area contributed by atoms with E-state index in [0.717, 1.165) is 43.8 Å². The highest BCUT2D eigenvalue weighted by Crippen LogP contribution is 2.16. The Labute approximate surface area is 160 Å². The fourth-order valence-electron chi connectivity index (χ4n) is 2.91. The highest BCUT2D eigenvalue weighted by molar-refractivity contribution is 14.0. The zero-order valence-electron chi connectivity index (χ0n) is 14.0. The van der Waals surface area contributed by atoms with Gasteiger partial charge in [0, 0.05) is 30.7 Å². The number of aromatic nitrogens is 1. The summed E-state index contributed by atoms with van der Waals surface area (Å²) in [5.41, 5.74) is 2.34. The fraction of sp³-hybridized carbons (Fsp3) is 0.368. The second kappa shape index (κ2) is 9.61. The minimum Gasteiger partial charge on any atom is -0.357 e. The van der Waals surface area contributed by atoms with Gasteiger partial charge in [-0.05, 0) is 37.8 Å². The number of nitrogens with zero attached hydrogens (tertiary/aromatic N) is 2. The van der Waals surface area contributed by atoms with Crippen molar-refractivity contribution in [1.82, 2.24) is 15.6 Å². The molecule has 1 heterocycles. The predicted molar refractivity (Wildman–Crippen MR) is 112 cm³/mol. The van der Waals surface area contributed by atoms with E-state index >= 15 is 0 Å². The van der Waals surface area contributed by atoms with Crippen molar-refractivity contribution in [2.75, 3.05) is 13.1 Å². The number of halogens is 1. The third kappa shape index (κ3) is 4.93. The van der Waals surface area contributed by atoms with Gasteiger partial charge in [0.25, 0.3) is 0 Å². The van der Waals surface area contributed by atoms with Crippen LogP contribution in [0.4, 0.5) is 0 Å². The van der Waals surface area contributed by atoms with Gasteiger partial charge in [-0.3, -0.25) is 9.98 Å². The lowest BCUT2D eigenvalue weighted by molar-refractivity contribution is 0.633. The lowest BCUT2D eigenvalue weighted by atomic mass is 10.1. The minimum absolute atomic E-state index is 0. The SMILES string of the molecule is CCNC(=NCCc1cccc2cccnc12)NC1CC=CC1.I. The predicted octanol–water partition coefficient (Wildman–Crippen LogP) is 3.67. The van der Waals surface area contributed by atoms with E-state index in [1.807, 2.05) is 12.3 Å². The van der Waals surface area contributed by atoms with Crippen molar-refractivity contribution in [3.8, 4) is 0 Å². The molecule has 0 spiro atoms. The molecule has 24 heavy (non-hydrogen) atoms. The van der Waals surface area contributed by atoms with E-state index in [4.69, 9.17) is 4.99 Å². The summed E-state index contributed by atoms with van der Waals surface area (Å²) in [4.78, 5) is 9.23. The van der Waals surface area contributed by atoms with Crippen LogP contribution in [0.5, 0.6) is 0 Å². The molecule has 0 saturated carbocycles. The highest BCUT2D eigenvalue weighted by Gasteiger charge is 2.11. The maximum Gasteiger partial charge on any atom is 0.191 e. The third-order valence-electron chi connectivity index (χ3n) is 4.06. The topological polar surface area (TPSA) is 49.3 Å². The molecule has 0 saturated heterocycles. The van der Waals surface area contributed by atoms with Gasteiger partial charge in [0.2, 0.25) is 0 Å². The molecule has 0 radical (unpaired) electrons. The number of pyridine rings is 1. The number of benzene rings is 1. The molecule has 4 nitrogen and oxygen atoms in total. The normalized spacial score (nSPS) is 14.6. The fourth-order valence-corrected chi connectivity index (χ4v) is 2.91. The van der Waals surface area contributed by atoms with Gasteiger partial charge in [-0.2, -0.15) is 0 Å². The molecule has 0 amide bonds. The van der Waals surface area contributed by atoms with Gasteiger partial charge in [0.05, 0.1) is 5.52 Å². The van der Waals surface area contributed by atoms with Crippen LogP contribution in [-0.2, 0) is 6.42 Å². The summed E-state index contributed by atoms with van der Waals surface area (Å²) in [5.74, 6) is 0.911. The van der Waals surface area contributed by atoms with Gasteiger partial charge in [-0.25, -0.2) is 0 Å². The molecule has 1 aromatic heterocycles. The summed E-state index contributed by atoms with van der Waals surface area (Å²) >= 11 is 0. The van der Waals surface area contributed by atoms with Crippen LogP contribution >= 0.6 is 24.0 Å². The number of fused-ring (bicyclic) bond motifs is 1. The van der Waals surface area contributed by atoms with Crippen molar-refractivity contribution in [3.63, 3.8) is 0 Å². The molecule has 2 aromatic rings. The number of hydrogen-bond donors (Lipinski definition) is 2. The van der Waals surface area contributed by atoms with E-state index in [-0.39, 0.29) is 24.0 Å². The van der Waals surface area contributed by atoms with E-state index < -0.39 is 0 Å². The van der Waals surface area contributed by atoms with E-state index in [9.17, 15) is 0 Å². The highest BCUT2D eigenvalue weighted by atomic mass is 127. The second-order valence-electron chi connectivity index (χ2n) is 5.79. The summed E-state index contributed by atoms with van der Waals surface area (Å²) in [6.07, 6.45) is 9.36. The van der Waals surface area contributed by atoms with Gasteiger partial charge in [-0.1, -0.05) is 36.4 Å². The number of para-hydroxylation sites is 1. The molecule has 3 rings (SSSR count). The lowest BCUT2D eigenvalue weighted by Gasteiger charge is -2.16. The Morgan fingerprint density at radius 1 is 1.21 bits per heavy atom. The van der Waals surface area contributed by atoms with Crippen LogP contribution in [0.15, 0.2) is 53.7 Å². The van der Waals surface area contributed by atoms with Gasteiger partial charge in [0.15, 0.2) is 5.96 Å². The van der Waals surface area contributed by atoms with Crippen LogP contribution in [0.1, 0.15) is 25.3 Å². The molecule has 0 bridgehead atoms. The standard InChI is InChI=1S/C19H24N4.HI/c1-2-20-19(23-17-10-3-4-11-17)22-14-12-16-8-5-7-15-9-6-13-21-18(15)16;/h3-9,13,17H,2,10-12,14H2,1H3,(H2,20,22,23);1H. The molecule has 5 heteroatoms. The van der Waals surface area contributed by atoms with Crippen molar-refractivity contribution in [1.29, 1.82) is 0 Å². The monoisotopic (exact) mass is 436 g/mol. The molecule has 0 aliphatic heterocycles. The zero-order valence-corrected chi connectivity index (χ0v) is 16.4. The first kappa shape index (κ1) is 18.7. The van der Waals surface area contributed by atoms with Crippen LogP contribution in [0.2, 0.25) is 0 Å². The average Bonchev–Trinajstić information content (AvgIpc) is 3.08. The van der Waals surface area contributed by atoms with Crippen molar-refractivity contribution in [2.24, 2.45) is 4.99 Å². The van der Waals surface area contributed by atoms with E-state index in [0.29, 0.717) is 6.04 Å². The molecule has 2 N–H and O–H groups in total. The van der Waals surface area contributed by atoms with Crippen molar-refractivity contribution >= 4 is 40.8 Å². The Morgan fingerprint density at radius 3 is 2.79 bits per heavy atom.